The second-order valence-electron chi connectivity index (χ2n) is 12.6. The minimum atomic E-state index is -0.929. The molecule has 0 radical (unpaired) electrons. The minimum absolute atomic E-state index is 0.0940. The van der Waals surface area contributed by atoms with Crippen LogP contribution in [0.2, 0.25) is 0 Å². The number of carbonyl (C=O) groups excluding carboxylic acids is 1. The van der Waals surface area contributed by atoms with Gasteiger partial charge >= 0.3 is 5.97 Å². The van der Waals surface area contributed by atoms with Crippen LogP contribution in [0.3, 0.4) is 0 Å². The summed E-state index contributed by atoms with van der Waals surface area (Å²) in [6.45, 7) is 7.88. The number of hydrogen-bond donors (Lipinski definition) is 2. The van der Waals surface area contributed by atoms with E-state index >= 15 is 0 Å². The first kappa shape index (κ1) is 30.5. The molecule has 0 atom stereocenters. The van der Waals surface area contributed by atoms with Crippen molar-refractivity contribution in [3.05, 3.63) is 95.4 Å². The molecule has 0 aliphatic heterocycles. The summed E-state index contributed by atoms with van der Waals surface area (Å²) >= 11 is 1.69. The van der Waals surface area contributed by atoms with Gasteiger partial charge in [0.1, 0.15) is 0 Å². The van der Waals surface area contributed by atoms with Gasteiger partial charge in [0.2, 0.25) is 0 Å². The number of carbonyl (C=O) groups is 2. The van der Waals surface area contributed by atoms with E-state index < -0.39 is 5.97 Å². The Morgan fingerprint density at radius 3 is 2.14 bits per heavy atom. The zero-order chi connectivity index (χ0) is 30.4. The molecule has 1 aromatic heterocycles. The van der Waals surface area contributed by atoms with E-state index in [1.54, 1.807) is 11.3 Å². The normalized spacial score (nSPS) is 16.9. The predicted octanol–water partition coefficient (Wildman–Crippen LogP) is 8.29. The number of carboxylic acid groups (broad SMARTS) is 1. The summed E-state index contributed by atoms with van der Waals surface area (Å²) in [5.41, 5.74) is 6.45. The summed E-state index contributed by atoms with van der Waals surface area (Å²) in [5.74, 6) is -0.464. The van der Waals surface area contributed by atoms with E-state index in [0.717, 1.165) is 40.7 Å². The molecule has 0 bridgehead atoms. The summed E-state index contributed by atoms with van der Waals surface area (Å²) in [5, 5.41) is 14.7. The highest BCUT2D eigenvalue weighted by molar-refractivity contribution is 7.14. The number of amides is 1. The third-order valence-corrected chi connectivity index (χ3v) is 9.46. The molecule has 4 aromatic rings. The zero-order valence-corrected chi connectivity index (χ0v) is 26.1. The van der Waals surface area contributed by atoms with E-state index in [4.69, 9.17) is 10.1 Å². The molecule has 5 rings (SSSR count). The van der Waals surface area contributed by atoms with Gasteiger partial charge in [0.15, 0.2) is 5.13 Å². The number of nitrogens with zero attached hydrogens (tertiary/aromatic N) is 2. The summed E-state index contributed by atoms with van der Waals surface area (Å²) < 4.78 is 0. The molecule has 0 spiro atoms. The maximum atomic E-state index is 12.5. The van der Waals surface area contributed by atoms with Crippen LogP contribution < -0.4 is 10.2 Å². The Kier molecular flexibility index (Phi) is 9.61. The fourth-order valence-electron chi connectivity index (χ4n) is 5.94. The van der Waals surface area contributed by atoms with Crippen molar-refractivity contribution in [3.63, 3.8) is 0 Å². The van der Waals surface area contributed by atoms with Crippen LogP contribution in [0.5, 0.6) is 0 Å². The standard InChI is InChI=1S/C36H41N3O3S/c1-36(2,3)30-17-19-31(20-18-30)39(23-25-9-11-29(12-10-25)34(42)37-22-21-33(40)41)35-38-32(24-43-35)28-15-13-27(14-16-28)26-7-5-4-6-8-26/h4-16,24,30-31H,17-23H2,1-3H3,(H,37,42)(H,40,41). The molecular weight excluding hydrogens is 554 g/mol. The Hall–Kier alpha value is -3.97. The summed E-state index contributed by atoms with van der Waals surface area (Å²) in [6, 6.07) is 27.1. The van der Waals surface area contributed by atoms with Crippen LogP contribution in [-0.2, 0) is 11.3 Å². The number of carboxylic acids is 1. The number of hydrogen-bond acceptors (Lipinski definition) is 5. The van der Waals surface area contributed by atoms with Crippen molar-refractivity contribution >= 4 is 28.3 Å². The van der Waals surface area contributed by atoms with Crippen molar-refractivity contribution in [1.82, 2.24) is 10.3 Å². The average molecular weight is 596 g/mol. The van der Waals surface area contributed by atoms with Crippen LogP contribution in [-0.4, -0.2) is 34.6 Å². The molecule has 1 fully saturated rings. The van der Waals surface area contributed by atoms with Crippen molar-refractivity contribution in [2.75, 3.05) is 11.4 Å². The van der Waals surface area contributed by atoms with Gasteiger partial charge in [-0.3, -0.25) is 9.59 Å². The molecule has 1 heterocycles. The van der Waals surface area contributed by atoms with E-state index in [1.165, 1.54) is 24.0 Å². The molecule has 7 heteroatoms. The van der Waals surface area contributed by atoms with Crippen LogP contribution in [0.4, 0.5) is 5.13 Å². The van der Waals surface area contributed by atoms with Crippen molar-refractivity contribution < 1.29 is 14.7 Å². The number of benzene rings is 3. The Morgan fingerprint density at radius 2 is 1.51 bits per heavy atom. The SMILES string of the molecule is CC(C)(C)C1CCC(N(Cc2ccc(C(=O)NCCC(=O)O)cc2)c2nc(-c3ccc(-c4ccccc4)cc3)cs2)CC1. The van der Waals surface area contributed by atoms with Gasteiger partial charge in [-0.05, 0) is 65.8 Å². The molecule has 0 saturated heterocycles. The number of aliphatic carboxylic acids is 1. The van der Waals surface area contributed by atoms with Gasteiger partial charge in [0, 0.05) is 35.6 Å². The lowest BCUT2D eigenvalue weighted by molar-refractivity contribution is -0.136. The van der Waals surface area contributed by atoms with Gasteiger partial charge in [-0.2, -0.15) is 0 Å². The van der Waals surface area contributed by atoms with E-state index in [2.05, 4.69) is 84.9 Å². The lowest BCUT2D eigenvalue weighted by atomic mass is 9.71. The van der Waals surface area contributed by atoms with Crippen LogP contribution in [0.25, 0.3) is 22.4 Å². The Bertz CT molecular complexity index is 1500. The van der Waals surface area contributed by atoms with Crippen LogP contribution >= 0.6 is 11.3 Å². The van der Waals surface area contributed by atoms with Gasteiger partial charge in [0.25, 0.3) is 5.91 Å². The third kappa shape index (κ3) is 7.90. The smallest absolute Gasteiger partial charge is 0.305 e. The van der Waals surface area contributed by atoms with Crippen LogP contribution in [0, 0.1) is 11.3 Å². The Morgan fingerprint density at radius 1 is 0.884 bits per heavy atom. The molecule has 1 saturated carbocycles. The van der Waals surface area contributed by atoms with E-state index in [9.17, 15) is 9.59 Å². The topological polar surface area (TPSA) is 82.5 Å². The van der Waals surface area contributed by atoms with Gasteiger partial charge in [-0.15, -0.1) is 11.3 Å². The highest BCUT2D eigenvalue weighted by Gasteiger charge is 2.33. The second kappa shape index (κ2) is 13.6. The molecule has 6 nitrogen and oxygen atoms in total. The van der Waals surface area contributed by atoms with Crippen molar-refractivity contribution in [1.29, 1.82) is 0 Å². The highest BCUT2D eigenvalue weighted by atomic mass is 32.1. The Balaban J connectivity index is 1.34. The molecular formula is C36H41N3O3S. The van der Waals surface area contributed by atoms with Crippen molar-refractivity contribution in [2.45, 2.75) is 65.5 Å². The van der Waals surface area contributed by atoms with Crippen molar-refractivity contribution in [2.24, 2.45) is 11.3 Å². The number of nitrogens with one attached hydrogen (secondary N) is 1. The van der Waals surface area contributed by atoms with E-state index in [-0.39, 0.29) is 18.9 Å². The highest BCUT2D eigenvalue weighted by Crippen LogP contribution is 2.41. The largest absolute Gasteiger partial charge is 0.481 e. The molecule has 3 aromatic carbocycles. The first-order valence-corrected chi connectivity index (χ1v) is 16.0. The first-order valence-electron chi connectivity index (χ1n) is 15.1. The molecule has 1 aliphatic carbocycles. The molecule has 43 heavy (non-hydrogen) atoms. The number of rotatable bonds is 10. The summed E-state index contributed by atoms with van der Waals surface area (Å²) in [4.78, 5) is 30.8. The first-order chi connectivity index (χ1) is 20.7. The van der Waals surface area contributed by atoms with Crippen molar-refractivity contribution in [3.8, 4) is 22.4 Å². The fraction of sp³-hybridized carbons (Fsp3) is 0.361. The van der Waals surface area contributed by atoms with E-state index in [0.29, 0.717) is 23.6 Å². The number of thiazole rings is 1. The second-order valence-corrected chi connectivity index (χ2v) is 13.4. The molecule has 2 N–H and O–H groups in total. The summed E-state index contributed by atoms with van der Waals surface area (Å²) in [6.07, 6.45) is 4.58. The number of aromatic nitrogens is 1. The molecule has 224 valence electrons. The maximum absolute atomic E-state index is 12.5. The average Bonchev–Trinajstić information content (AvgIpc) is 3.50. The quantitative estimate of drug-likeness (QED) is 0.193. The Labute approximate surface area is 258 Å². The number of anilines is 1. The fourth-order valence-corrected chi connectivity index (χ4v) is 6.85. The third-order valence-electron chi connectivity index (χ3n) is 8.58. The maximum Gasteiger partial charge on any atom is 0.305 e. The van der Waals surface area contributed by atoms with Gasteiger partial charge in [-0.25, -0.2) is 4.98 Å². The molecule has 1 amide bonds. The predicted molar refractivity (Wildman–Crippen MR) is 175 cm³/mol. The summed E-state index contributed by atoms with van der Waals surface area (Å²) in [7, 11) is 0. The van der Waals surface area contributed by atoms with Gasteiger partial charge in [-0.1, -0.05) is 87.5 Å². The van der Waals surface area contributed by atoms with Crippen LogP contribution in [0.15, 0.2) is 84.2 Å². The van der Waals surface area contributed by atoms with Gasteiger partial charge < -0.3 is 15.3 Å². The minimum Gasteiger partial charge on any atom is -0.481 e. The lowest BCUT2D eigenvalue weighted by Crippen LogP contribution is -2.39. The lowest BCUT2D eigenvalue weighted by Gasteiger charge is -2.41. The zero-order valence-electron chi connectivity index (χ0n) is 25.3. The monoisotopic (exact) mass is 595 g/mol. The van der Waals surface area contributed by atoms with E-state index in [1.807, 2.05) is 30.3 Å². The molecule has 0 unspecified atom stereocenters. The molecule has 1 aliphatic rings. The van der Waals surface area contributed by atoms with Crippen LogP contribution in [0.1, 0.15) is 68.8 Å². The van der Waals surface area contributed by atoms with Gasteiger partial charge in [0.05, 0.1) is 12.1 Å².